The highest BCUT2D eigenvalue weighted by molar-refractivity contribution is 7.93. The summed E-state index contributed by atoms with van der Waals surface area (Å²) in [6.45, 7) is -0.672. The largest absolute Gasteiger partial charge is 0.417 e. The third-order valence-corrected chi connectivity index (χ3v) is 9.78. The molecule has 0 bridgehead atoms. The lowest BCUT2D eigenvalue weighted by molar-refractivity contribution is -0.137. The van der Waals surface area contributed by atoms with Gasteiger partial charge in [-0.3, -0.25) is 13.8 Å². The van der Waals surface area contributed by atoms with Crippen molar-refractivity contribution in [1.82, 2.24) is 0 Å². The van der Waals surface area contributed by atoms with E-state index in [1.165, 1.54) is 42.5 Å². The number of rotatable bonds is 6. The highest BCUT2D eigenvalue weighted by Gasteiger charge is 2.36. The summed E-state index contributed by atoms with van der Waals surface area (Å²) in [4.78, 5) is 12.5. The highest BCUT2D eigenvalue weighted by atomic mass is 35.5. The number of halogens is 5. The summed E-state index contributed by atoms with van der Waals surface area (Å²) < 4.78 is 109. The molecule has 0 atom stereocenters. The third kappa shape index (κ3) is 5.65. The van der Waals surface area contributed by atoms with E-state index >= 15 is 0 Å². The van der Waals surface area contributed by atoms with Gasteiger partial charge >= 0.3 is 6.18 Å². The number of amides is 1. The number of carbonyl (C=O) groups excluding carboxylic acids is 1. The van der Waals surface area contributed by atoms with E-state index in [1.807, 2.05) is 4.72 Å². The van der Waals surface area contributed by atoms with Crippen LogP contribution in [0, 0.1) is 5.82 Å². The topological polar surface area (TPSA) is 113 Å². The van der Waals surface area contributed by atoms with Gasteiger partial charge in [-0.1, -0.05) is 29.8 Å². The number of nitrogens with zero attached hydrogens (tertiary/aromatic N) is 1. The van der Waals surface area contributed by atoms with E-state index in [0.29, 0.717) is 17.2 Å². The van der Waals surface area contributed by atoms with Gasteiger partial charge in [-0.25, -0.2) is 21.2 Å². The van der Waals surface area contributed by atoms with Gasteiger partial charge in [0.15, 0.2) is 0 Å². The third-order valence-electron chi connectivity index (χ3n) is 6.23. The van der Waals surface area contributed by atoms with E-state index in [1.54, 1.807) is 6.07 Å². The Morgan fingerprint density at radius 2 is 1.55 bits per heavy atom. The van der Waals surface area contributed by atoms with Crippen molar-refractivity contribution in [1.29, 1.82) is 0 Å². The number of benzene rings is 4. The lowest BCUT2D eigenvalue weighted by atomic mass is 10.0. The predicted molar refractivity (Wildman–Crippen MR) is 149 cm³/mol. The zero-order valence-corrected chi connectivity index (χ0v) is 23.4. The number of nitrogens with one attached hydrogen (secondary N) is 2. The molecule has 0 aliphatic carbocycles. The molecule has 5 rings (SSSR count). The molecule has 0 saturated carbocycles. The molecule has 2 N–H and O–H groups in total. The van der Waals surface area contributed by atoms with Gasteiger partial charge in [0.1, 0.15) is 12.4 Å². The first-order valence-electron chi connectivity index (χ1n) is 11.9. The Balaban J connectivity index is 1.33. The first-order chi connectivity index (χ1) is 19.7. The molecule has 1 amide bonds. The predicted octanol–water partition coefficient (Wildman–Crippen LogP) is 6.11. The van der Waals surface area contributed by atoms with Crippen LogP contribution < -0.4 is 14.3 Å². The van der Waals surface area contributed by atoms with Crippen molar-refractivity contribution in [2.45, 2.75) is 16.0 Å². The maximum Gasteiger partial charge on any atom is 0.417 e. The molecular weight excluding hydrogens is 622 g/mol. The number of fused-ring (bicyclic) bond motifs is 3. The molecule has 42 heavy (non-hydrogen) atoms. The molecule has 0 spiro atoms. The molecule has 0 unspecified atom stereocenters. The Bertz CT molecular complexity index is 1930. The number of hydrogen-bond donors (Lipinski definition) is 2. The standard InChI is InChI=1S/C27H18ClF4N3O5S2/c28-23-11-8-18(14-22(23)27(30,31)32)34-41(37,38)19-9-6-17(7-10-19)33-26(36)15-35-24-12-5-16(29)13-21(24)20-3-1-2-4-25(20)42(35,39)40/h1-14,34H,15H2,(H,33,36). The Hall–Kier alpha value is -4.14. The second-order valence-electron chi connectivity index (χ2n) is 9.04. The van der Waals surface area contributed by atoms with Crippen molar-refractivity contribution < 1.29 is 39.2 Å². The van der Waals surface area contributed by atoms with Gasteiger partial charge in [0.25, 0.3) is 20.0 Å². The molecule has 1 heterocycles. The minimum absolute atomic E-state index is 0.0963. The van der Waals surface area contributed by atoms with Crippen LogP contribution in [0.3, 0.4) is 0 Å². The average Bonchev–Trinajstić information content (AvgIpc) is 2.92. The van der Waals surface area contributed by atoms with Gasteiger partial charge in [-0.2, -0.15) is 13.2 Å². The van der Waals surface area contributed by atoms with Crippen molar-refractivity contribution >= 4 is 54.6 Å². The first kappa shape index (κ1) is 29.4. The van der Waals surface area contributed by atoms with Crippen molar-refractivity contribution in [2.75, 3.05) is 20.9 Å². The molecular formula is C27H18ClF4N3O5S2. The van der Waals surface area contributed by atoms with Crippen LogP contribution in [0.4, 0.5) is 34.6 Å². The maximum absolute atomic E-state index is 14.0. The number of anilines is 3. The molecule has 0 fully saturated rings. The van der Waals surface area contributed by atoms with Crippen LogP contribution >= 0.6 is 11.6 Å². The number of sulfonamides is 2. The zero-order chi connectivity index (χ0) is 30.4. The van der Waals surface area contributed by atoms with Crippen LogP contribution in [0.5, 0.6) is 0 Å². The molecule has 15 heteroatoms. The molecule has 218 valence electrons. The van der Waals surface area contributed by atoms with Crippen LogP contribution in [-0.2, 0) is 31.0 Å². The van der Waals surface area contributed by atoms with E-state index in [2.05, 4.69) is 5.32 Å². The smallest absolute Gasteiger partial charge is 0.325 e. The molecule has 0 aromatic heterocycles. The summed E-state index contributed by atoms with van der Waals surface area (Å²) in [5.41, 5.74) is -0.781. The quantitative estimate of drug-likeness (QED) is 0.247. The molecule has 4 aromatic rings. The molecule has 8 nitrogen and oxygen atoms in total. The van der Waals surface area contributed by atoms with E-state index in [9.17, 15) is 39.2 Å². The van der Waals surface area contributed by atoms with Crippen LogP contribution in [0.1, 0.15) is 5.56 Å². The Labute approximate surface area is 242 Å². The van der Waals surface area contributed by atoms with E-state index in [4.69, 9.17) is 11.6 Å². The summed E-state index contributed by atoms with van der Waals surface area (Å²) in [5.74, 6) is -1.36. The summed E-state index contributed by atoms with van der Waals surface area (Å²) in [6, 6.07) is 16.7. The number of hydrogen-bond acceptors (Lipinski definition) is 5. The minimum atomic E-state index is -4.80. The fraction of sp³-hybridized carbons (Fsp3) is 0.0741. The van der Waals surface area contributed by atoms with E-state index in [0.717, 1.165) is 34.6 Å². The van der Waals surface area contributed by atoms with Crippen molar-refractivity contribution in [3.8, 4) is 11.1 Å². The Kier molecular flexibility index (Phi) is 7.41. The second kappa shape index (κ2) is 10.6. The van der Waals surface area contributed by atoms with Crippen LogP contribution in [-0.4, -0.2) is 29.3 Å². The second-order valence-corrected chi connectivity index (χ2v) is 13.0. The Morgan fingerprint density at radius 3 is 2.24 bits per heavy atom. The van der Waals surface area contributed by atoms with Crippen molar-refractivity contribution in [3.63, 3.8) is 0 Å². The van der Waals surface area contributed by atoms with Crippen LogP contribution in [0.15, 0.2) is 94.7 Å². The van der Waals surface area contributed by atoms with Crippen molar-refractivity contribution in [3.05, 3.63) is 101 Å². The zero-order valence-electron chi connectivity index (χ0n) is 21.0. The molecule has 1 aliphatic rings. The molecule has 0 radical (unpaired) electrons. The van der Waals surface area contributed by atoms with Crippen molar-refractivity contribution in [2.24, 2.45) is 0 Å². The fourth-order valence-corrected chi connectivity index (χ4v) is 7.27. The van der Waals surface area contributed by atoms with Gasteiger partial charge in [-0.05, 0) is 66.7 Å². The number of carbonyl (C=O) groups is 1. The SMILES string of the molecule is O=C(CN1c2ccc(F)cc2-c2ccccc2S1(=O)=O)Nc1ccc(S(=O)(=O)Nc2ccc(Cl)c(C(F)(F)F)c2)cc1. The van der Waals surface area contributed by atoms with Gasteiger partial charge < -0.3 is 5.32 Å². The van der Waals surface area contributed by atoms with E-state index < -0.39 is 55.1 Å². The Morgan fingerprint density at radius 1 is 0.881 bits per heavy atom. The van der Waals surface area contributed by atoms with Gasteiger partial charge in [0, 0.05) is 22.5 Å². The highest BCUT2D eigenvalue weighted by Crippen LogP contribution is 2.43. The van der Waals surface area contributed by atoms with Gasteiger partial charge in [0.05, 0.1) is 26.1 Å². The molecule has 4 aromatic carbocycles. The van der Waals surface area contributed by atoms with Crippen LogP contribution in [0.25, 0.3) is 11.1 Å². The van der Waals surface area contributed by atoms with Gasteiger partial charge in [-0.15, -0.1) is 0 Å². The summed E-state index contributed by atoms with van der Waals surface area (Å²) >= 11 is 5.58. The lowest BCUT2D eigenvalue weighted by Gasteiger charge is -2.31. The molecule has 0 saturated heterocycles. The first-order valence-corrected chi connectivity index (χ1v) is 15.2. The van der Waals surface area contributed by atoms with Crippen LogP contribution in [0.2, 0.25) is 5.02 Å². The summed E-state index contributed by atoms with van der Waals surface area (Å²) in [5, 5.41) is 1.88. The monoisotopic (exact) mass is 639 g/mol. The summed E-state index contributed by atoms with van der Waals surface area (Å²) in [6.07, 6.45) is -4.80. The maximum atomic E-state index is 14.0. The van der Waals surface area contributed by atoms with Gasteiger partial charge in [0.2, 0.25) is 5.91 Å². The lowest BCUT2D eigenvalue weighted by Crippen LogP contribution is -2.40. The fourth-order valence-electron chi connectivity index (χ4n) is 4.34. The summed E-state index contributed by atoms with van der Waals surface area (Å²) in [7, 11) is -8.51. The van der Waals surface area contributed by atoms with E-state index in [-0.39, 0.29) is 26.9 Å². The average molecular weight is 640 g/mol. The minimum Gasteiger partial charge on any atom is -0.325 e. The molecule has 1 aliphatic heterocycles. The normalized spacial score (nSPS) is 14.1. The number of alkyl halides is 3.